The number of nitriles is 1. The van der Waals surface area contributed by atoms with Crippen molar-refractivity contribution < 1.29 is 23.9 Å². The second-order valence-corrected chi connectivity index (χ2v) is 7.68. The van der Waals surface area contributed by atoms with Crippen molar-refractivity contribution in [3.8, 4) is 6.07 Å². The van der Waals surface area contributed by atoms with Gasteiger partial charge < -0.3 is 15.4 Å². The first-order valence-electron chi connectivity index (χ1n) is 9.91. The predicted octanol–water partition coefficient (Wildman–Crippen LogP) is 1.74. The summed E-state index contributed by atoms with van der Waals surface area (Å²) in [7, 11) is 0. The zero-order chi connectivity index (χ0) is 21.7. The summed E-state index contributed by atoms with van der Waals surface area (Å²) >= 11 is 0. The van der Waals surface area contributed by atoms with E-state index in [1.165, 1.54) is 0 Å². The largest absolute Gasteiger partial charge is 0.454 e. The van der Waals surface area contributed by atoms with Gasteiger partial charge in [-0.2, -0.15) is 5.26 Å². The Labute approximate surface area is 174 Å². The van der Waals surface area contributed by atoms with Crippen LogP contribution in [-0.2, 0) is 25.5 Å². The van der Waals surface area contributed by atoms with E-state index in [1.54, 1.807) is 24.3 Å². The highest BCUT2D eigenvalue weighted by Gasteiger charge is 2.55. The summed E-state index contributed by atoms with van der Waals surface area (Å²) in [5, 5.41) is 14.0. The van der Waals surface area contributed by atoms with E-state index in [4.69, 9.17) is 10.00 Å². The molecule has 1 spiro atoms. The number of carbonyl (C=O) groups excluding carboxylic acids is 4. The van der Waals surface area contributed by atoms with Gasteiger partial charge in [-0.25, -0.2) is 4.79 Å². The Morgan fingerprint density at radius 2 is 2.03 bits per heavy atom. The lowest BCUT2D eigenvalue weighted by atomic mass is 9.73. The lowest BCUT2D eigenvalue weighted by molar-refractivity contribution is -0.150. The number of imide groups is 1. The molecular weight excluding hydrogens is 388 g/mol. The van der Waals surface area contributed by atoms with Crippen LogP contribution in [0.15, 0.2) is 24.3 Å². The number of carbonyl (C=O) groups is 4. The average Bonchev–Trinajstić information content (AvgIpc) is 2.95. The van der Waals surface area contributed by atoms with Gasteiger partial charge in [0.05, 0.1) is 12.5 Å². The number of urea groups is 1. The van der Waals surface area contributed by atoms with Crippen LogP contribution in [0.25, 0.3) is 0 Å². The molecule has 2 aliphatic rings. The van der Waals surface area contributed by atoms with E-state index in [-0.39, 0.29) is 12.3 Å². The number of nitrogens with one attached hydrogen (secondary N) is 2. The van der Waals surface area contributed by atoms with E-state index in [2.05, 4.69) is 10.6 Å². The minimum absolute atomic E-state index is 0.00551. The van der Waals surface area contributed by atoms with Crippen molar-refractivity contribution in [3.63, 3.8) is 0 Å². The molecular formula is C21H24N4O5. The number of amides is 4. The Hall–Kier alpha value is -3.41. The van der Waals surface area contributed by atoms with E-state index < -0.39 is 42.5 Å². The minimum atomic E-state index is -0.940. The second kappa shape index (κ2) is 8.95. The van der Waals surface area contributed by atoms with Gasteiger partial charge in [-0.15, -0.1) is 0 Å². The van der Waals surface area contributed by atoms with E-state index >= 15 is 0 Å². The van der Waals surface area contributed by atoms with Gasteiger partial charge in [0.25, 0.3) is 11.8 Å². The summed E-state index contributed by atoms with van der Waals surface area (Å²) in [6.45, 7) is 0.857. The van der Waals surface area contributed by atoms with Crippen LogP contribution >= 0.6 is 0 Å². The van der Waals surface area contributed by atoms with Crippen molar-refractivity contribution >= 4 is 29.5 Å². The van der Waals surface area contributed by atoms with Crippen molar-refractivity contribution in [2.45, 2.75) is 44.6 Å². The summed E-state index contributed by atoms with van der Waals surface area (Å²) in [5.74, 6) is -1.79. The first-order chi connectivity index (χ1) is 14.4. The minimum Gasteiger partial charge on any atom is -0.454 e. The third-order valence-electron chi connectivity index (χ3n) is 5.67. The molecule has 9 heteroatoms. The fourth-order valence-corrected chi connectivity index (χ4v) is 3.95. The normalized spacial score (nSPS) is 23.1. The number of esters is 1. The fraction of sp³-hybridized carbons (Fsp3) is 0.476. The van der Waals surface area contributed by atoms with Crippen molar-refractivity contribution in [2.24, 2.45) is 5.92 Å². The molecule has 0 radical (unpaired) electrons. The molecule has 3 rings (SSSR count). The van der Waals surface area contributed by atoms with Crippen LogP contribution in [0.5, 0.6) is 0 Å². The zero-order valence-electron chi connectivity index (χ0n) is 16.8. The SMILES string of the molecule is C[C@@H]1CCCC[C@@]12NC(=O)N(CC(=O)OCC(=O)Nc1ccc(CC#N)cc1)C2=O. The average molecular weight is 412 g/mol. The molecule has 0 unspecified atom stereocenters. The molecule has 9 nitrogen and oxygen atoms in total. The number of benzene rings is 1. The Kier molecular flexibility index (Phi) is 6.35. The highest BCUT2D eigenvalue weighted by atomic mass is 16.5. The van der Waals surface area contributed by atoms with Gasteiger partial charge in [0.2, 0.25) is 0 Å². The monoisotopic (exact) mass is 412 g/mol. The van der Waals surface area contributed by atoms with Crippen molar-refractivity contribution in [1.82, 2.24) is 10.2 Å². The quantitative estimate of drug-likeness (QED) is 0.541. The topological polar surface area (TPSA) is 129 Å². The van der Waals surface area contributed by atoms with Crippen LogP contribution in [0, 0.1) is 17.2 Å². The lowest BCUT2D eigenvalue weighted by Crippen LogP contribution is -2.54. The molecule has 1 aromatic rings. The maximum atomic E-state index is 12.8. The maximum Gasteiger partial charge on any atom is 0.326 e. The van der Waals surface area contributed by atoms with Crippen molar-refractivity contribution in [2.75, 3.05) is 18.5 Å². The van der Waals surface area contributed by atoms with E-state index in [0.29, 0.717) is 12.1 Å². The molecule has 30 heavy (non-hydrogen) atoms. The second-order valence-electron chi connectivity index (χ2n) is 7.68. The van der Waals surface area contributed by atoms with Crippen LogP contribution in [0.3, 0.4) is 0 Å². The van der Waals surface area contributed by atoms with E-state index in [1.807, 2.05) is 13.0 Å². The smallest absolute Gasteiger partial charge is 0.326 e. The summed E-state index contributed by atoms with van der Waals surface area (Å²) in [6, 6.07) is 8.14. The first kappa shape index (κ1) is 21.3. The zero-order valence-corrected chi connectivity index (χ0v) is 16.8. The number of nitrogens with zero attached hydrogens (tertiary/aromatic N) is 2. The number of ether oxygens (including phenoxy) is 1. The van der Waals surface area contributed by atoms with Crippen molar-refractivity contribution in [1.29, 1.82) is 5.26 Å². The molecule has 1 aliphatic heterocycles. The standard InChI is InChI=1S/C21H24N4O5/c1-14-4-2-3-10-21(14)19(28)25(20(29)24-21)12-18(27)30-13-17(26)23-16-7-5-15(6-8-16)9-11-22/h5-8,14H,2-4,9-10,12-13H2,1H3,(H,23,26)(H,24,29)/t14-,21-/m1/s1. The van der Waals surface area contributed by atoms with Gasteiger partial charge >= 0.3 is 12.0 Å². The number of anilines is 1. The number of hydrogen-bond acceptors (Lipinski definition) is 6. The number of hydrogen-bond donors (Lipinski definition) is 2. The van der Waals surface area contributed by atoms with Gasteiger partial charge in [-0.3, -0.25) is 19.3 Å². The van der Waals surface area contributed by atoms with Crippen molar-refractivity contribution in [3.05, 3.63) is 29.8 Å². The van der Waals surface area contributed by atoms with Gasteiger partial charge in [-0.05, 0) is 36.5 Å². The van der Waals surface area contributed by atoms with Crippen LogP contribution < -0.4 is 10.6 Å². The molecule has 1 aliphatic carbocycles. The summed E-state index contributed by atoms with van der Waals surface area (Å²) in [6.07, 6.45) is 3.51. The number of rotatable bonds is 6. The van der Waals surface area contributed by atoms with Gasteiger partial charge in [0.1, 0.15) is 12.1 Å². The molecule has 4 amide bonds. The molecule has 1 heterocycles. The Bertz CT molecular complexity index is 892. The molecule has 158 valence electrons. The molecule has 1 saturated carbocycles. The Morgan fingerprint density at radius 1 is 1.30 bits per heavy atom. The first-order valence-corrected chi connectivity index (χ1v) is 9.91. The summed E-state index contributed by atoms with van der Waals surface area (Å²) < 4.78 is 4.93. The highest BCUT2D eigenvalue weighted by molar-refractivity contribution is 6.09. The Morgan fingerprint density at radius 3 is 2.70 bits per heavy atom. The maximum absolute atomic E-state index is 12.8. The molecule has 2 N–H and O–H groups in total. The van der Waals surface area contributed by atoms with E-state index in [9.17, 15) is 19.2 Å². The predicted molar refractivity (Wildman–Crippen MR) is 106 cm³/mol. The summed E-state index contributed by atoms with van der Waals surface area (Å²) in [5.41, 5.74) is 0.380. The molecule has 0 bridgehead atoms. The Balaban J connectivity index is 1.49. The molecule has 1 saturated heterocycles. The van der Waals surface area contributed by atoms with Gasteiger partial charge in [0, 0.05) is 5.69 Å². The molecule has 1 aromatic carbocycles. The van der Waals surface area contributed by atoms with E-state index in [0.717, 1.165) is 29.7 Å². The molecule has 2 fully saturated rings. The van der Waals surface area contributed by atoms with Crippen LogP contribution in [0.1, 0.15) is 38.2 Å². The summed E-state index contributed by atoms with van der Waals surface area (Å²) in [4.78, 5) is 50.1. The lowest BCUT2D eigenvalue weighted by Gasteiger charge is -2.36. The molecule has 2 atom stereocenters. The van der Waals surface area contributed by atoms with Gasteiger partial charge in [-0.1, -0.05) is 31.9 Å². The van der Waals surface area contributed by atoms with Crippen LogP contribution in [0.2, 0.25) is 0 Å². The third kappa shape index (κ3) is 4.43. The third-order valence-corrected chi connectivity index (χ3v) is 5.67. The molecule has 0 aromatic heterocycles. The van der Waals surface area contributed by atoms with Gasteiger partial charge in [0.15, 0.2) is 6.61 Å². The fourth-order valence-electron chi connectivity index (χ4n) is 3.95. The van der Waals surface area contributed by atoms with Crippen LogP contribution in [0.4, 0.5) is 10.5 Å². The highest BCUT2D eigenvalue weighted by Crippen LogP contribution is 2.38. The van der Waals surface area contributed by atoms with Crippen LogP contribution in [-0.4, -0.2) is 47.4 Å².